The van der Waals surface area contributed by atoms with Crippen LogP contribution >= 0.6 is 0 Å². The van der Waals surface area contributed by atoms with E-state index < -0.39 is 52.5 Å². The van der Waals surface area contributed by atoms with Crippen molar-refractivity contribution in [3.05, 3.63) is 71.4 Å². The maximum absolute atomic E-state index is 14.5. The second kappa shape index (κ2) is 9.40. The van der Waals surface area contributed by atoms with Gasteiger partial charge in [0.1, 0.15) is 17.3 Å². The predicted molar refractivity (Wildman–Crippen MR) is 121 cm³/mol. The minimum atomic E-state index is -1.07. The molecule has 178 valence electrons. The zero-order valence-electron chi connectivity index (χ0n) is 18.3. The molecule has 1 aliphatic rings. The number of hydrogen-bond donors (Lipinski definition) is 4. The van der Waals surface area contributed by atoms with Gasteiger partial charge in [0.05, 0.1) is 29.2 Å². The summed E-state index contributed by atoms with van der Waals surface area (Å²) in [4.78, 5) is 21.0. The van der Waals surface area contributed by atoms with E-state index in [9.17, 15) is 23.1 Å². The lowest BCUT2D eigenvalue weighted by Gasteiger charge is -2.36. The highest BCUT2D eigenvalue weighted by Crippen LogP contribution is 2.38. The van der Waals surface area contributed by atoms with E-state index in [0.717, 1.165) is 29.8 Å². The molecule has 1 aromatic carbocycles. The molecule has 1 saturated carbocycles. The summed E-state index contributed by atoms with van der Waals surface area (Å²) < 4.78 is 43.0. The third-order valence-corrected chi connectivity index (χ3v) is 6.20. The maximum atomic E-state index is 14.5. The van der Waals surface area contributed by atoms with Crippen molar-refractivity contribution in [3.8, 4) is 11.3 Å². The number of anilines is 2. The van der Waals surface area contributed by atoms with Crippen molar-refractivity contribution in [2.45, 2.75) is 37.8 Å². The molecule has 1 unspecified atom stereocenters. The normalized spacial score (nSPS) is 22.4. The van der Waals surface area contributed by atoms with Crippen LogP contribution in [0.1, 0.15) is 41.7 Å². The van der Waals surface area contributed by atoms with Crippen molar-refractivity contribution in [3.63, 3.8) is 0 Å². The van der Waals surface area contributed by atoms with Crippen LogP contribution in [-0.2, 0) is 0 Å². The molecule has 1 fully saturated rings. The van der Waals surface area contributed by atoms with Gasteiger partial charge in [-0.15, -0.1) is 0 Å². The number of carbonyl (C=O) groups excluding carboxylic acids is 1. The number of nitrogens with two attached hydrogens (primary N) is 2. The molecule has 4 rings (SSSR count). The Morgan fingerprint density at radius 3 is 2.53 bits per heavy atom. The van der Waals surface area contributed by atoms with Gasteiger partial charge in [0.25, 0.3) is 5.91 Å². The van der Waals surface area contributed by atoms with Crippen molar-refractivity contribution in [2.24, 2.45) is 11.7 Å². The van der Waals surface area contributed by atoms with E-state index in [-0.39, 0.29) is 17.5 Å². The first kappa shape index (κ1) is 23.7. The van der Waals surface area contributed by atoms with Crippen LogP contribution in [0.2, 0.25) is 0 Å². The molecular weight excluding hydrogens is 447 g/mol. The van der Waals surface area contributed by atoms with Crippen LogP contribution < -0.4 is 16.8 Å². The summed E-state index contributed by atoms with van der Waals surface area (Å²) in [6.07, 6.45) is 3.57. The van der Waals surface area contributed by atoms with E-state index in [0.29, 0.717) is 18.5 Å². The summed E-state index contributed by atoms with van der Waals surface area (Å²) in [5.74, 6) is -4.00. The summed E-state index contributed by atoms with van der Waals surface area (Å²) in [5, 5.41) is 12.8. The van der Waals surface area contributed by atoms with E-state index in [1.807, 2.05) is 6.92 Å². The third kappa shape index (κ3) is 4.46. The number of hydrogen-bond acceptors (Lipinski definition) is 6. The zero-order valence-corrected chi connectivity index (χ0v) is 18.3. The Labute approximate surface area is 194 Å². The van der Waals surface area contributed by atoms with Crippen LogP contribution in [0.25, 0.3) is 11.3 Å². The molecule has 6 N–H and O–H groups in total. The lowest BCUT2D eigenvalue weighted by molar-refractivity contribution is 0.0521. The molecule has 34 heavy (non-hydrogen) atoms. The highest BCUT2D eigenvalue weighted by Gasteiger charge is 2.34. The second-order valence-electron chi connectivity index (χ2n) is 8.57. The number of benzene rings is 1. The predicted octanol–water partition coefficient (Wildman–Crippen LogP) is 3.60. The molecule has 0 radical (unpaired) electrons. The number of aliphatic hydroxyl groups is 1. The standard InChI is InChI=1S/C24H24F3N5O2/c1-11-7-12(8-18(29)23(11)33)13-5-6-30-10-19(13)31-24(34)22-17(28)9-16(27)21(32-22)20-14(25)3-2-4-15(20)26/h2-6,9-12,18,23,33H,7-8,28-29H2,1H3,(H,31,34)/t11-,12?,18+,23+/m0/s1. The Morgan fingerprint density at radius 1 is 1.15 bits per heavy atom. The topological polar surface area (TPSA) is 127 Å². The van der Waals surface area contributed by atoms with Gasteiger partial charge < -0.3 is 21.9 Å². The number of nitrogen functional groups attached to an aromatic ring is 1. The molecule has 7 nitrogen and oxygen atoms in total. The molecule has 10 heteroatoms. The summed E-state index contributed by atoms with van der Waals surface area (Å²) in [5.41, 5.74) is 11.0. The molecule has 0 bridgehead atoms. The number of rotatable bonds is 4. The molecule has 0 aliphatic heterocycles. The summed E-state index contributed by atoms with van der Waals surface area (Å²) in [6.45, 7) is 1.91. The molecule has 1 aliphatic carbocycles. The zero-order chi connectivity index (χ0) is 24.6. The van der Waals surface area contributed by atoms with Crippen molar-refractivity contribution < 1.29 is 23.1 Å². The lowest BCUT2D eigenvalue weighted by atomic mass is 9.74. The smallest absolute Gasteiger partial charge is 0.276 e. The molecule has 4 atom stereocenters. The van der Waals surface area contributed by atoms with Gasteiger partial charge in [-0.25, -0.2) is 18.2 Å². The highest BCUT2D eigenvalue weighted by atomic mass is 19.1. The van der Waals surface area contributed by atoms with Gasteiger partial charge in [-0.1, -0.05) is 13.0 Å². The number of aliphatic hydroxyl groups excluding tert-OH is 1. The number of aromatic nitrogens is 2. The van der Waals surface area contributed by atoms with E-state index >= 15 is 0 Å². The maximum Gasteiger partial charge on any atom is 0.276 e. The first-order valence-corrected chi connectivity index (χ1v) is 10.8. The molecule has 3 aromatic rings. The molecule has 0 saturated heterocycles. The number of amides is 1. The summed E-state index contributed by atoms with van der Waals surface area (Å²) in [7, 11) is 0. The molecular formula is C24H24F3N5O2. The van der Waals surface area contributed by atoms with Crippen LogP contribution in [0.3, 0.4) is 0 Å². The monoisotopic (exact) mass is 471 g/mol. The molecule has 2 heterocycles. The minimum Gasteiger partial charge on any atom is -0.397 e. The fourth-order valence-electron chi connectivity index (χ4n) is 4.46. The average molecular weight is 471 g/mol. The van der Waals surface area contributed by atoms with Gasteiger partial charge >= 0.3 is 0 Å². The van der Waals surface area contributed by atoms with Crippen LogP contribution in [0.5, 0.6) is 0 Å². The van der Waals surface area contributed by atoms with Crippen LogP contribution in [0.4, 0.5) is 24.5 Å². The van der Waals surface area contributed by atoms with Gasteiger partial charge in [0.15, 0.2) is 11.5 Å². The Kier molecular flexibility index (Phi) is 6.54. The van der Waals surface area contributed by atoms with Gasteiger partial charge in [0.2, 0.25) is 0 Å². The van der Waals surface area contributed by atoms with E-state index in [2.05, 4.69) is 15.3 Å². The Bertz CT molecular complexity index is 1210. The summed E-state index contributed by atoms with van der Waals surface area (Å²) >= 11 is 0. The number of nitrogens with zero attached hydrogens (tertiary/aromatic N) is 2. The fourth-order valence-corrected chi connectivity index (χ4v) is 4.46. The van der Waals surface area contributed by atoms with Crippen molar-refractivity contribution >= 4 is 17.3 Å². The van der Waals surface area contributed by atoms with Gasteiger partial charge in [-0.2, -0.15) is 0 Å². The Hall–Kier alpha value is -3.50. The summed E-state index contributed by atoms with van der Waals surface area (Å²) in [6, 6.07) is 5.19. The molecule has 2 aromatic heterocycles. The van der Waals surface area contributed by atoms with Crippen LogP contribution in [0, 0.1) is 23.4 Å². The number of nitrogens with one attached hydrogen (secondary N) is 1. The first-order valence-electron chi connectivity index (χ1n) is 10.8. The average Bonchev–Trinajstić information content (AvgIpc) is 2.78. The van der Waals surface area contributed by atoms with E-state index in [1.165, 1.54) is 6.20 Å². The van der Waals surface area contributed by atoms with Crippen LogP contribution in [0.15, 0.2) is 42.7 Å². The lowest BCUT2D eigenvalue weighted by Crippen LogP contribution is -2.44. The van der Waals surface area contributed by atoms with Crippen molar-refractivity contribution in [1.29, 1.82) is 0 Å². The Balaban J connectivity index is 1.67. The number of pyridine rings is 2. The van der Waals surface area contributed by atoms with Gasteiger partial charge in [-0.05, 0) is 48.4 Å². The van der Waals surface area contributed by atoms with E-state index in [4.69, 9.17) is 11.5 Å². The number of carbonyl (C=O) groups is 1. The Morgan fingerprint density at radius 2 is 1.85 bits per heavy atom. The minimum absolute atomic E-state index is 0.0434. The first-order chi connectivity index (χ1) is 16.2. The quantitative estimate of drug-likeness (QED) is 0.461. The van der Waals surface area contributed by atoms with Crippen LogP contribution in [-0.4, -0.2) is 33.1 Å². The largest absolute Gasteiger partial charge is 0.397 e. The SMILES string of the molecule is C[C@H]1CC(c2ccncc2NC(=O)c2nc(-c3c(F)cccc3F)c(F)cc2N)C[C@@H](N)[C@@H]1O. The number of halogens is 3. The van der Waals surface area contributed by atoms with Crippen molar-refractivity contribution in [1.82, 2.24) is 9.97 Å². The van der Waals surface area contributed by atoms with Gasteiger partial charge in [0, 0.05) is 18.3 Å². The third-order valence-electron chi connectivity index (χ3n) is 6.20. The molecule has 1 amide bonds. The second-order valence-corrected chi connectivity index (χ2v) is 8.57. The molecule has 0 spiro atoms. The van der Waals surface area contributed by atoms with E-state index in [1.54, 1.807) is 12.3 Å². The highest BCUT2D eigenvalue weighted by molar-refractivity contribution is 6.06. The fraction of sp³-hybridized carbons (Fsp3) is 0.292. The van der Waals surface area contributed by atoms with Gasteiger partial charge in [-0.3, -0.25) is 9.78 Å². The van der Waals surface area contributed by atoms with Crippen molar-refractivity contribution in [2.75, 3.05) is 11.1 Å².